The fourth-order valence-corrected chi connectivity index (χ4v) is 2.17. The maximum Gasteiger partial charge on any atom is 0.326 e. The van der Waals surface area contributed by atoms with E-state index in [1.54, 1.807) is 0 Å². The maximum atomic E-state index is 11.7. The highest BCUT2D eigenvalue weighted by atomic mass is 16.4. The maximum absolute atomic E-state index is 11.7. The van der Waals surface area contributed by atoms with E-state index in [1.807, 2.05) is 13.8 Å². The van der Waals surface area contributed by atoms with E-state index in [2.05, 4.69) is 12.2 Å². The summed E-state index contributed by atoms with van der Waals surface area (Å²) in [7, 11) is 0. The third-order valence-corrected chi connectivity index (χ3v) is 3.80. The molecule has 0 aliphatic rings. The van der Waals surface area contributed by atoms with Crippen LogP contribution in [-0.2, 0) is 9.59 Å². The molecule has 1 unspecified atom stereocenters. The van der Waals surface area contributed by atoms with E-state index in [0.717, 1.165) is 19.3 Å². The Kier molecular flexibility index (Phi) is 11.1. The van der Waals surface area contributed by atoms with Crippen LogP contribution in [0.15, 0.2) is 0 Å². The molecule has 2 atom stereocenters. The topological polar surface area (TPSA) is 66.4 Å². The summed E-state index contributed by atoms with van der Waals surface area (Å²) in [6.07, 6.45) is 9.30. The number of nitrogens with one attached hydrogen (secondary N) is 1. The predicted octanol–water partition coefficient (Wildman–Crippen LogP) is 3.74. The number of rotatable bonds is 12. The van der Waals surface area contributed by atoms with Crippen LogP contribution in [0.2, 0.25) is 0 Å². The molecule has 0 aliphatic heterocycles. The molecule has 0 radical (unpaired) electrons. The Balaban J connectivity index is 3.78. The van der Waals surface area contributed by atoms with Crippen LogP contribution in [0, 0.1) is 5.92 Å². The minimum Gasteiger partial charge on any atom is -0.480 e. The first-order valence-corrected chi connectivity index (χ1v) is 8.05. The third-order valence-electron chi connectivity index (χ3n) is 3.80. The van der Waals surface area contributed by atoms with Gasteiger partial charge in [-0.25, -0.2) is 4.79 Å². The third kappa shape index (κ3) is 8.94. The zero-order valence-corrected chi connectivity index (χ0v) is 13.3. The summed E-state index contributed by atoms with van der Waals surface area (Å²) < 4.78 is 0. The highest BCUT2D eigenvalue weighted by Crippen LogP contribution is 2.10. The summed E-state index contributed by atoms with van der Waals surface area (Å²) in [6.45, 7) is 5.98. The molecule has 0 aliphatic carbocycles. The molecule has 4 nitrogen and oxygen atoms in total. The molecule has 1 amide bonds. The summed E-state index contributed by atoms with van der Waals surface area (Å²) in [6, 6.07) is -0.753. The molecule has 2 N–H and O–H groups in total. The molecule has 0 rings (SSSR count). The SMILES string of the molecule is CCCCCCCCCC(=O)N[C@H](C(=O)O)C(C)CC. The lowest BCUT2D eigenvalue weighted by atomic mass is 9.99. The second-order valence-corrected chi connectivity index (χ2v) is 5.64. The first-order valence-electron chi connectivity index (χ1n) is 8.05. The minimum absolute atomic E-state index is 0.0366. The van der Waals surface area contributed by atoms with Crippen molar-refractivity contribution >= 4 is 11.9 Å². The number of hydrogen-bond donors (Lipinski definition) is 2. The van der Waals surface area contributed by atoms with Crippen molar-refractivity contribution in [2.75, 3.05) is 0 Å². The van der Waals surface area contributed by atoms with Gasteiger partial charge >= 0.3 is 5.97 Å². The number of hydrogen-bond acceptors (Lipinski definition) is 2. The summed E-state index contributed by atoms with van der Waals surface area (Å²) >= 11 is 0. The summed E-state index contributed by atoms with van der Waals surface area (Å²) in [5.74, 6) is -1.11. The molecule has 0 aromatic heterocycles. The molecule has 0 saturated heterocycles. The first-order chi connectivity index (χ1) is 9.52. The zero-order valence-electron chi connectivity index (χ0n) is 13.3. The summed E-state index contributed by atoms with van der Waals surface area (Å²) in [5, 5.41) is 11.7. The standard InChI is InChI=1S/C16H31NO3/c1-4-6-7-8-9-10-11-12-14(18)17-15(16(19)20)13(3)5-2/h13,15H,4-12H2,1-3H3,(H,17,18)(H,19,20)/t13?,15-/m0/s1. The average molecular weight is 285 g/mol. The highest BCUT2D eigenvalue weighted by molar-refractivity contribution is 5.83. The fraction of sp³-hybridized carbons (Fsp3) is 0.875. The van der Waals surface area contributed by atoms with Gasteiger partial charge in [0.15, 0.2) is 0 Å². The van der Waals surface area contributed by atoms with Crippen molar-refractivity contribution < 1.29 is 14.7 Å². The van der Waals surface area contributed by atoms with Gasteiger partial charge in [-0.2, -0.15) is 0 Å². The molecule has 0 heterocycles. The lowest BCUT2D eigenvalue weighted by Gasteiger charge is -2.20. The van der Waals surface area contributed by atoms with Crippen molar-refractivity contribution in [2.24, 2.45) is 5.92 Å². The second-order valence-electron chi connectivity index (χ2n) is 5.64. The van der Waals surface area contributed by atoms with Gasteiger partial charge in [-0.3, -0.25) is 4.79 Å². The molecule has 118 valence electrons. The van der Waals surface area contributed by atoms with Crippen LogP contribution in [-0.4, -0.2) is 23.0 Å². The van der Waals surface area contributed by atoms with Gasteiger partial charge in [0.2, 0.25) is 5.91 Å². The number of aliphatic carboxylic acids is 1. The fourth-order valence-electron chi connectivity index (χ4n) is 2.17. The van der Waals surface area contributed by atoms with Crippen LogP contribution in [0.25, 0.3) is 0 Å². The van der Waals surface area contributed by atoms with Gasteiger partial charge in [0.05, 0.1) is 0 Å². The zero-order chi connectivity index (χ0) is 15.4. The van der Waals surface area contributed by atoms with Gasteiger partial charge in [-0.1, -0.05) is 65.7 Å². The average Bonchev–Trinajstić information content (AvgIpc) is 2.42. The molecular formula is C16H31NO3. The summed E-state index contributed by atoms with van der Waals surface area (Å²) in [4.78, 5) is 22.8. The Morgan fingerprint density at radius 3 is 2.05 bits per heavy atom. The van der Waals surface area contributed by atoms with E-state index in [1.165, 1.54) is 32.1 Å². The minimum atomic E-state index is -0.938. The number of unbranched alkanes of at least 4 members (excludes halogenated alkanes) is 6. The smallest absolute Gasteiger partial charge is 0.326 e. The molecule has 20 heavy (non-hydrogen) atoms. The molecule has 0 aromatic rings. The van der Waals surface area contributed by atoms with Crippen LogP contribution >= 0.6 is 0 Å². The van der Waals surface area contributed by atoms with E-state index >= 15 is 0 Å². The molecule has 0 bridgehead atoms. The summed E-state index contributed by atoms with van der Waals surface area (Å²) in [5.41, 5.74) is 0. The Labute approximate surface area is 123 Å². The van der Waals surface area contributed by atoms with Gasteiger partial charge in [0.25, 0.3) is 0 Å². The lowest BCUT2D eigenvalue weighted by molar-refractivity contribution is -0.143. The molecule has 0 spiro atoms. The number of amides is 1. The number of carboxylic acid groups (broad SMARTS) is 1. The van der Waals surface area contributed by atoms with Gasteiger partial charge in [0.1, 0.15) is 6.04 Å². The lowest BCUT2D eigenvalue weighted by Crippen LogP contribution is -2.44. The Hall–Kier alpha value is -1.06. The molecule has 0 saturated carbocycles. The van der Waals surface area contributed by atoms with Crippen molar-refractivity contribution in [1.29, 1.82) is 0 Å². The van der Waals surface area contributed by atoms with E-state index in [0.29, 0.717) is 6.42 Å². The number of carbonyl (C=O) groups is 2. The van der Waals surface area contributed by atoms with E-state index < -0.39 is 12.0 Å². The van der Waals surface area contributed by atoms with E-state index in [-0.39, 0.29) is 11.8 Å². The van der Waals surface area contributed by atoms with Crippen LogP contribution < -0.4 is 5.32 Å². The number of carboxylic acids is 1. The molecule has 4 heteroatoms. The van der Waals surface area contributed by atoms with Gasteiger partial charge in [-0.15, -0.1) is 0 Å². The molecular weight excluding hydrogens is 254 g/mol. The monoisotopic (exact) mass is 285 g/mol. The highest BCUT2D eigenvalue weighted by Gasteiger charge is 2.24. The van der Waals surface area contributed by atoms with E-state index in [4.69, 9.17) is 5.11 Å². The van der Waals surface area contributed by atoms with Gasteiger partial charge in [-0.05, 0) is 12.3 Å². The largest absolute Gasteiger partial charge is 0.480 e. The van der Waals surface area contributed by atoms with Crippen LogP contribution in [0.3, 0.4) is 0 Å². The van der Waals surface area contributed by atoms with Crippen molar-refractivity contribution in [1.82, 2.24) is 5.32 Å². The van der Waals surface area contributed by atoms with Crippen molar-refractivity contribution in [3.8, 4) is 0 Å². The van der Waals surface area contributed by atoms with Gasteiger partial charge in [0, 0.05) is 6.42 Å². The Morgan fingerprint density at radius 2 is 1.55 bits per heavy atom. The molecule has 0 fully saturated rings. The van der Waals surface area contributed by atoms with Crippen molar-refractivity contribution in [3.05, 3.63) is 0 Å². The van der Waals surface area contributed by atoms with Crippen molar-refractivity contribution in [2.45, 2.75) is 84.6 Å². The van der Waals surface area contributed by atoms with Crippen molar-refractivity contribution in [3.63, 3.8) is 0 Å². The van der Waals surface area contributed by atoms with Crippen LogP contribution in [0.4, 0.5) is 0 Å². The predicted molar refractivity (Wildman–Crippen MR) is 81.6 cm³/mol. The van der Waals surface area contributed by atoms with E-state index in [9.17, 15) is 9.59 Å². The normalized spacial score (nSPS) is 13.8. The Bertz CT molecular complexity index is 279. The van der Waals surface area contributed by atoms with Crippen LogP contribution in [0.5, 0.6) is 0 Å². The Morgan fingerprint density at radius 1 is 1.00 bits per heavy atom. The van der Waals surface area contributed by atoms with Crippen LogP contribution in [0.1, 0.15) is 78.6 Å². The molecule has 0 aromatic carbocycles. The number of carbonyl (C=O) groups excluding carboxylic acids is 1. The second kappa shape index (κ2) is 11.7. The first kappa shape index (κ1) is 18.9. The quantitative estimate of drug-likeness (QED) is 0.537. The van der Waals surface area contributed by atoms with Gasteiger partial charge < -0.3 is 10.4 Å².